The molecule has 20 heavy (non-hydrogen) atoms. The Bertz CT molecular complexity index is 336. The molecule has 1 fully saturated rings. The van der Waals surface area contributed by atoms with Crippen LogP contribution in [0.2, 0.25) is 0 Å². The van der Waals surface area contributed by atoms with E-state index in [9.17, 15) is 14.7 Å². The zero-order valence-corrected chi connectivity index (χ0v) is 13.4. The fourth-order valence-electron chi connectivity index (χ4n) is 2.27. The summed E-state index contributed by atoms with van der Waals surface area (Å²) in [5, 5.41) is 15.3. The van der Waals surface area contributed by atoms with Crippen molar-refractivity contribution >= 4 is 23.6 Å². The summed E-state index contributed by atoms with van der Waals surface area (Å²) in [5.74, 6) is 0.604. The first kappa shape index (κ1) is 17.3. The molecule has 0 aromatic rings. The Labute approximate surface area is 125 Å². The summed E-state index contributed by atoms with van der Waals surface area (Å²) in [6.07, 6.45) is 0.981. The number of hydrogen-bond acceptors (Lipinski definition) is 4. The van der Waals surface area contributed by atoms with Crippen molar-refractivity contribution in [2.45, 2.75) is 39.7 Å². The van der Waals surface area contributed by atoms with E-state index in [0.29, 0.717) is 12.8 Å². The number of thioether (sulfide) groups is 1. The van der Waals surface area contributed by atoms with Crippen molar-refractivity contribution in [2.24, 2.45) is 11.3 Å². The number of amides is 1. The van der Waals surface area contributed by atoms with Gasteiger partial charge >= 0.3 is 5.97 Å². The van der Waals surface area contributed by atoms with Crippen molar-refractivity contribution in [1.82, 2.24) is 10.6 Å². The lowest BCUT2D eigenvalue weighted by atomic mass is 9.84. The first-order valence-corrected chi connectivity index (χ1v) is 8.24. The molecule has 1 aliphatic heterocycles. The Morgan fingerprint density at radius 1 is 1.45 bits per heavy atom. The molecule has 6 heteroatoms. The molecule has 0 aromatic heterocycles. The Kier molecular flexibility index (Phi) is 6.82. The zero-order valence-electron chi connectivity index (χ0n) is 12.6. The summed E-state index contributed by atoms with van der Waals surface area (Å²) in [6.45, 7) is 7.17. The second kappa shape index (κ2) is 7.88. The van der Waals surface area contributed by atoms with E-state index in [0.717, 1.165) is 18.1 Å². The molecule has 1 amide bonds. The molecule has 116 valence electrons. The van der Waals surface area contributed by atoms with Crippen molar-refractivity contribution in [1.29, 1.82) is 0 Å². The quantitative estimate of drug-likeness (QED) is 0.690. The summed E-state index contributed by atoms with van der Waals surface area (Å²) >= 11 is 1.85. The van der Waals surface area contributed by atoms with Crippen LogP contribution in [0.25, 0.3) is 0 Å². The Morgan fingerprint density at radius 3 is 2.65 bits per heavy atom. The van der Waals surface area contributed by atoms with Gasteiger partial charge in [0.2, 0.25) is 5.91 Å². The molecule has 0 radical (unpaired) electrons. The average molecular weight is 302 g/mol. The van der Waals surface area contributed by atoms with E-state index in [1.165, 1.54) is 0 Å². The molecule has 1 aliphatic rings. The molecular formula is C14H26N2O3S. The van der Waals surface area contributed by atoms with Gasteiger partial charge in [-0.05, 0) is 11.8 Å². The van der Waals surface area contributed by atoms with Crippen molar-refractivity contribution < 1.29 is 14.7 Å². The van der Waals surface area contributed by atoms with E-state index in [2.05, 4.69) is 10.6 Å². The van der Waals surface area contributed by atoms with Gasteiger partial charge in [-0.1, -0.05) is 20.8 Å². The maximum atomic E-state index is 11.9. The minimum Gasteiger partial charge on any atom is -0.481 e. The average Bonchev–Trinajstić information content (AvgIpc) is 2.34. The van der Waals surface area contributed by atoms with E-state index >= 15 is 0 Å². The number of carbonyl (C=O) groups is 2. The third-order valence-electron chi connectivity index (χ3n) is 3.18. The standard InChI is InChI=1S/C14H26N2O3S/c1-14(2,3)7-10(13(18)19)8-16-12(17)6-11-9-20-5-4-15-11/h10-11,15H,4-9H2,1-3H3,(H,16,17)(H,18,19). The minimum absolute atomic E-state index is 0.0602. The van der Waals surface area contributed by atoms with Crippen LogP contribution < -0.4 is 10.6 Å². The third kappa shape index (κ3) is 7.14. The molecule has 0 saturated carbocycles. The molecular weight excluding hydrogens is 276 g/mol. The van der Waals surface area contributed by atoms with Crippen LogP contribution in [0.5, 0.6) is 0 Å². The largest absolute Gasteiger partial charge is 0.481 e. The summed E-state index contributed by atoms with van der Waals surface area (Å²) in [5.41, 5.74) is -0.0602. The third-order valence-corrected chi connectivity index (χ3v) is 4.31. The van der Waals surface area contributed by atoms with Gasteiger partial charge in [-0.15, -0.1) is 0 Å². The van der Waals surface area contributed by atoms with E-state index in [1.54, 1.807) is 0 Å². The minimum atomic E-state index is -0.841. The van der Waals surface area contributed by atoms with E-state index < -0.39 is 11.9 Å². The van der Waals surface area contributed by atoms with Crippen molar-refractivity contribution in [3.63, 3.8) is 0 Å². The molecule has 2 unspecified atom stereocenters. The van der Waals surface area contributed by atoms with Crippen LogP contribution in [-0.2, 0) is 9.59 Å². The van der Waals surface area contributed by atoms with Crippen molar-refractivity contribution in [3.05, 3.63) is 0 Å². The van der Waals surface area contributed by atoms with Crippen LogP contribution >= 0.6 is 11.8 Å². The molecule has 0 aliphatic carbocycles. The van der Waals surface area contributed by atoms with Crippen molar-refractivity contribution in [3.8, 4) is 0 Å². The summed E-state index contributed by atoms with van der Waals surface area (Å²) in [6, 6.07) is 0.208. The number of carboxylic acids is 1. The van der Waals surface area contributed by atoms with Crippen LogP contribution in [0.3, 0.4) is 0 Å². The summed E-state index contributed by atoms with van der Waals surface area (Å²) in [4.78, 5) is 23.1. The zero-order chi connectivity index (χ0) is 15.2. The van der Waals surface area contributed by atoms with Crippen LogP contribution in [0.4, 0.5) is 0 Å². The molecule has 0 bridgehead atoms. The van der Waals surface area contributed by atoms with E-state index in [4.69, 9.17) is 0 Å². The first-order valence-electron chi connectivity index (χ1n) is 7.08. The van der Waals surface area contributed by atoms with Crippen LogP contribution in [0.1, 0.15) is 33.6 Å². The van der Waals surface area contributed by atoms with Gasteiger partial charge in [0.1, 0.15) is 0 Å². The van der Waals surface area contributed by atoms with Gasteiger partial charge in [0.25, 0.3) is 0 Å². The predicted molar refractivity (Wildman–Crippen MR) is 81.9 cm³/mol. The molecule has 0 spiro atoms. The maximum absolute atomic E-state index is 11.9. The summed E-state index contributed by atoms with van der Waals surface area (Å²) in [7, 11) is 0. The highest BCUT2D eigenvalue weighted by atomic mass is 32.2. The molecule has 0 aromatic carbocycles. The predicted octanol–water partition coefficient (Wildman–Crippen LogP) is 1.33. The summed E-state index contributed by atoms with van der Waals surface area (Å²) < 4.78 is 0. The maximum Gasteiger partial charge on any atom is 0.308 e. The molecule has 1 saturated heterocycles. The molecule has 5 nitrogen and oxygen atoms in total. The van der Waals surface area contributed by atoms with Gasteiger partial charge in [-0.25, -0.2) is 0 Å². The highest BCUT2D eigenvalue weighted by Gasteiger charge is 2.25. The highest BCUT2D eigenvalue weighted by molar-refractivity contribution is 7.99. The monoisotopic (exact) mass is 302 g/mol. The van der Waals surface area contributed by atoms with Gasteiger partial charge < -0.3 is 15.7 Å². The number of carbonyl (C=O) groups excluding carboxylic acids is 1. The van der Waals surface area contributed by atoms with Gasteiger partial charge in [0, 0.05) is 37.1 Å². The second-order valence-corrected chi connectivity index (χ2v) is 7.68. The fraction of sp³-hybridized carbons (Fsp3) is 0.857. The van der Waals surface area contributed by atoms with Gasteiger partial charge in [-0.2, -0.15) is 11.8 Å². The second-order valence-electron chi connectivity index (χ2n) is 6.53. The lowest BCUT2D eigenvalue weighted by Gasteiger charge is -2.25. The van der Waals surface area contributed by atoms with E-state index in [1.807, 2.05) is 32.5 Å². The van der Waals surface area contributed by atoms with Gasteiger partial charge in [0.15, 0.2) is 0 Å². The number of aliphatic carboxylic acids is 1. The van der Waals surface area contributed by atoms with Crippen LogP contribution in [0, 0.1) is 11.3 Å². The van der Waals surface area contributed by atoms with E-state index in [-0.39, 0.29) is 23.9 Å². The number of carboxylic acid groups (broad SMARTS) is 1. The molecule has 2 atom stereocenters. The fourth-order valence-corrected chi connectivity index (χ4v) is 3.22. The Morgan fingerprint density at radius 2 is 2.15 bits per heavy atom. The highest BCUT2D eigenvalue weighted by Crippen LogP contribution is 2.24. The number of nitrogens with one attached hydrogen (secondary N) is 2. The smallest absolute Gasteiger partial charge is 0.308 e. The number of rotatable bonds is 6. The first-order chi connectivity index (χ1) is 9.28. The van der Waals surface area contributed by atoms with Gasteiger partial charge in [0.05, 0.1) is 5.92 Å². The number of hydrogen-bond donors (Lipinski definition) is 3. The lowest BCUT2D eigenvalue weighted by Crippen LogP contribution is -2.42. The Hall–Kier alpha value is -0.750. The SMILES string of the molecule is CC(C)(C)CC(CNC(=O)CC1CSCCN1)C(=O)O. The Balaban J connectivity index is 2.34. The van der Waals surface area contributed by atoms with Crippen molar-refractivity contribution in [2.75, 3.05) is 24.6 Å². The normalized spacial score (nSPS) is 21.2. The van der Waals surface area contributed by atoms with Crippen LogP contribution in [0.15, 0.2) is 0 Å². The molecule has 3 N–H and O–H groups in total. The van der Waals surface area contributed by atoms with Crippen LogP contribution in [-0.4, -0.2) is 47.6 Å². The molecule has 1 rings (SSSR count). The lowest BCUT2D eigenvalue weighted by molar-refractivity contribution is -0.142. The molecule has 1 heterocycles. The topological polar surface area (TPSA) is 78.4 Å². The van der Waals surface area contributed by atoms with Gasteiger partial charge in [-0.3, -0.25) is 9.59 Å².